The van der Waals surface area contributed by atoms with E-state index in [1.165, 1.54) is 5.56 Å². The molecule has 0 radical (unpaired) electrons. The van der Waals surface area contributed by atoms with E-state index in [4.69, 9.17) is 16.3 Å². The maximum atomic E-state index is 6.26. The molecule has 3 rings (SSSR count). The number of ether oxygens (including phenoxy) is 1. The van der Waals surface area contributed by atoms with Crippen LogP contribution < -0.4 is 20.3 Å². The number of aromatic nitrogens is 1. The lowest BCUT2D eigenvalue weighted by Crippen LogP contribution is -2.45. The summed E-state index contributed by atoms with van der Waals surface area (Å²) >= 11 is 6.26. The largest absolute Gasteiger partial charge is 0.497 e. The van der Waals surface area contributed by atoms with Crippen LogP contribution in [0.1, 0.15) is 12.0 Å². The number of guanidine groups is 1. The van der Waals surface area contributed by atoms with Crippen molar-refractivity contribution in [1.82, 2.24) is 15.6 Å². The number of methoxy groups -OCH3 is 1. The third-order valence-electron chi connectivity index (χ3n) is 4.66. The standard InChI is InChI=1S/C20H26ClN5O.HI/c1-22-20(24-12-9-15-5-7-17(27-2)8-6-15)25-16-10-13-26(14-16)19-18(21)4-3-11-23-19;/h3-8,11,16H,9-10,12-14H2,1-2H3,(H2,22,24,25);1H. The molecule has 6 nitrogen and oxygen atoms in total. The van der Waals surface area contributed by atoms with Gasteiger partial charge in [0.1, 0.15) is 11.6 Å². The minimum Gasteiger partial charge on any atom is -0.497 e. The molecule has 1 aliphatic heterocycles. The number of nitrogens with zero attached hydrogens (tertiary/aromatic N) is 3. The molecule has 1 fully saturated rings. The Morgan fingerprint density at radius 3 is 2.79 bits per heavy atom. The van der Waals surface area contributed by atoms with Crippen molar-refractivity contribution in [2.45, 2.75) is 18.9 Å². The monoisotopic (exact) mass is 515 g/mol. The molecule has 2 aromatic rings. The second kappa shape index (κ2) is 11.3. The molecule has 0 aliphatic carbocycles. The molecule has 1 saturated heterocycles. The molecule has 28 heavy (non-hydrogen) atoms. The lowest BCUT2D eigenvalue weighted by atomic mass is 10.1. The molecule has 1 aromatic heterocycles. The topological polar surface area (TPSA) is 61.8 Å². The predicted octanol–water partition coefficient (Wildman–Crippen LogP) is 3.35. The summed E-state index contributed by atoms with van der Waals surface area (Å²) in [5.74, 6) is 2.55. The van der Waals surface area contributed by atoms with Gasteiger partial charge in [-0.05, 0) is 42.7 Å². The maximum absolute atomic E-state index is 6.26. The van der Waals surface area contributed by atoms with Gasteiger partial charge in [0.25, 0.3) is 0 Å². The summed E-state index contributed by atoms with van der Waals surface area (Å²) in [5.41, 5.74) is 1.26. The van der Waals surface area contributed by atoms with E-state index in [2.05, 4.69) is 37.6 Å². The molecule has 0 bridgehead atoms. The van der Waals surface area contributed by atoms with Crippen molar-refractivity contribution >= 4 is 47.4 Å². The van der Waals surface area contributed by atoms with E-state index in [0.29, 0.717) is 11.1 Å². The molecule has 0 amide bonds. The van der Waals surface area contributed by atoms with Crippen LogP contribution in [0.25, 0.3) is 0 Å². The first kappa shape index (κ1) is 22.5. The van der Waals surface area contributed by atoms with Gasteiger partial charge in [0.15, 0.2) is 5.96 Å². The number of halogens is 2. The van der Waals surface area contributed by atoms with Crippen LogP contribution in [0.15, 0.2) is 47.6 Å². The Labute approximate surface area is 188 Å². The highest BCUT2D eigenvalue weighted by molar-refractivity contribution is 14.0. The second-order valence-electron chi connectivity index (χ2n) is 6.48. The summed E-state index contributed by atoms with van der Waals surface area (Å²) in [4.78, 5) is 11.0. The number of hydrogen-bond donors (Lipinski definition) is 2. The van der Waals surface area contributed by atoms with Crippen LogP contribution in [0.2, 0.25) is 5.02 Å². The van der Waals surface area contributed by atoms with Gasteiger partial charge in [-0.1, -0.05) is 23.7 Å². The molecule has 2 heterocycles. The first-order chi connectivity index (χ1) is 13.2. The van der Waals surface area contributed by atoms with Crippen molar-refractivity contribution in [3.63, 3.8) is 0 Å². The van der Waals surface area contributed by atoms with E-state index >= 15 is 0 Å². The van der Waals surface area contributed by atoms with Gasteiger partial charge in [-0.15, -0.1) is 24.0 Å². The van der Waals surface area contributed by atoms with Crippen LogP contribution in [-0.4, -0.2) is 50.8 Å². The number of anilines is 1. The fraction of sp³-hybridized carbons (Fsp3) is 0.400. The Bertz CT molecular complexity index is 771. The van der Waals surface area contributed by atoms with Crippen LogP contribution in [-0.2, 0) is 6.42 Å². The molecule has 1 aliphatic rings. The van der Waals surface area contributed by atoms with Crippen LogP contribution >= 0.6 is 35.6 Å². The van der Waals surface area contributed by atoms with Gasteiger partial charge in [-0.25, -0.2) is 4.98 Å². The molecule has 0 saturated carbocycles. The van der Waals surface area contributed by atoms with Gasteiger partial charge in [-0.2, -0.15) is 0 Å². The molecule has 2 N–H and O–H groups in total. The van der Waals surface area contributed by atoms with E-state index in [1.54, 1.807) is 20.4 Å². The minimum absolute atomic E-state index is 0. The van der Waals surface area contributed by atoms with Crippen LogP contribution in [0.5, 0.6) is 5.75 Å². The van der Waals surface area contributed by atoms with Crippen molar-refractivity contribution in [1.29, 1.82) is 0 Å². The Kier molecular flexibility index (Phi) is 9.11. The molecule has 1 atom stereocenters. The average molecular weight is 516 g/mol. The fourth-order valence-electron chi connectivity index (χ4n) is 3.19. The smallest absolute Gasteiger partial charge is 0.191 e. The highest BCUT2D eigenvalue weighted by Crippen LogP contribution is 2.25. The molecular formula is C20H27ClIN5O. The normalized spacial score (nSPS) is 16.5. The maximum Gasteiger partial charge on any atom is 0.191 e. The van der Waals surface area contributed by atoms with E-state index in [1.807, 2.05) is 24.3 Å². The van der Waals surface area contributed by atoms with Crippen molar-refractivity contribution in [2.24, 2.45) is 4.99 Å². The summed E-state index contributed by atoms with van der Waals surface area (Å²) < 4.78 is 5.19. The lowest BCUT2D eigenvalue weighted by molar-refractivity contribution is 0.414. The van der Waals surface area contributed by atoms with E-state index in [-0.39, 0.29) is 24.0 Å². The average Bonchev–Trinajstić information content (AvgIpc) is 3.16. The highest BCUT2D eigenvalue weighted by Gasteiger charge is 2.25. The Hall–Kier alpha value is -1.74. The zero-order valence-corrected chi connectivity index (χ0v) is 19.3. The summed E-state index contributed by atoms with van der Waals surface area (Å²) in [6.07, 6.45) is 3.72. The minimum atomic E-state index is 0. The first-order valence-corrected chi connectivity index (χ1v) is 9.53. The molecule has 152 valence electrons. The number of aliphatic imine (C=N–C) groups is 1. The highest BCUT2D eigenvalue weighted by atomic mass is 127. The first-order valence-electron chi connectivity index (χ1n) is 9.15. The third kappa shape index (κ3) is 6.13. The van der Waals surface area contributed by atoms with Gasteiger partial charge in [0.05, 0.1) is 12.1 Å². The SMILES string of the molecule is CN=C(NCCc1ccc(OC)cc1)NC1CCN(c2ncccc2Cl)C1.I. The Morgan fingerprint density at radius 2 is 2.11 bits per heavy atom. The Balaban J connectivity index is 0.00000280. The molecule has 1 unspecified atom stereocenters. The van der Waals surface area contributed by atoms with Crippen molar-refractivity contribution in [2.75, 3.05) is 38.7 Å². The van der Waals surface area contributed by atoms with Gasteiger partial charge in [0, 0.05) is 38.9 Å². The van der Waals surface area contributed by atoms with Gasteiger partial charge in [-0.3, -0.25) is 4.99 Å². The zero-order valence-electron chi connectivity index (χ0n) is 16.2. The zero-order chi connectivity index (χ0) is 19.1. The van der Waals surface area contributed by atoms with Gasteiger partial charge in [0.2, 0.25) is 0 Å². The van der Waals surface area contributed by atoms with Crippen LogP contribution in [0.4, 0.5) is 5.82 Å². The summed E-state index contributed by atoms with van der Waals surface area (Å²) in [5, 5.41) is 7.58. The number of pyridine rings is 1. The predicted molar refractivity (Wildman–Crippen MR) is 126 cm³/mol. The lowest BCUT2D eigenvalue weighted by Gasteiger charge is -2.20. The fourth-order valence-corrected chi connectivity index (χ4v) is 3.43. The second-order valence-corrected chi connectivity index (χ2v) is 6.89. The summed E-state index contributed by atoms with van der Waals surface area (Å²) in [6, 6.07) is 12.2. The molecule has 8 heteroatoms. The van der Waals surface area contributed by atoms with E-state index < -0.39 is 0 Å². The summed E-state index contributed by atoms with van der Waals surface area (Å²) in [7, 11) is 3.48. The number of benzene rings is 1. The van der Waals surface area contributed by atoms with E-state index in [0.717, 1.165) is 50.0 Å². The van der Waals surface area contributed by atoms with Gasteiger partial charge >= 0.3 is 0 Å². The number of hydrogen-bond acceptors (Lipinski definition) is 4. The van der Waals surface area contributed by atoms with Gasteiger partial charge < -0.3 is 20.3 Å². The molecule has 0 spiro atoms. The van der Waals surface area contributed by atoms with E-state index in [9.17, 15) is 0 Å². The quantitative estimate of drug-likeness (QED) is 0.351. The van der Waals surface area contributed by atoms with Crippen LogP contribution in [0.3, 0.4) is 0 Å². The number of nitrogens with one attached hydrogen (secondary N) is 2. The van der Waals surface area contributed by atoms with Crippen molar-refractivity contribution < 1.29 is 4.74 Å². The van der Waals surface area contributed by atoms with Crippen molar-refractivity contribution in [3.05, 3.63) is 53.2 Å². The summed E-state index contributed by atoms with van der Waals surface area (Å²) in [6.45, 7) is 2.60. The molecule has 1 aromatic carbocycles. The van der Waals surface area contributed by atoms with Crippen LogP contribution in [0, 0.1) is 0 Å². The number of rotatable bonds is 6. The Morgan fingerprint density at radius 1 is 1.32 bits per heavy atom. The third-order valence-corrected chi connectivity index (χ3v) is 4.95. The van der Waals surface area contributed by atoms with Crippen molar-refractivity contribution in [3.8, 4) is 5.75 Å². The molecular weight excluding hydrogens is 489 g/mol.